The molecule has 1 aliphatic carbocycles. The standard InChI is InChI=1S/C11H14N2O2/c1-6-3-4-9-7(6)5-8(10(12)13-9)11(14)15-2/h5-6H,3-4H2,1-2H3,(H2,12,13). The summed E-state index contributed by atoms with van der Waals surface area (Å²) in [4.78, 5) is 15.6. The summed E-state index contributed by atoms with van der Waals surface area (Å²) in [5, 5.41) is 0. The number of esters is 1. The monoisotopic (exact) mass is 206 g/mol. The summed E-state index contributed by atoms with van der Waals surface area (Å²) in [6.07, 6.45) is 2.02. The van der Waals surface area contributed by atoms with Crippen molar-refractivity contribution in [1.29, 1.82) is 0 Å². The van der Waals surface area contributed by atoms with E-state index >= 15 is 0 Å². The first-order valence-corrected chi connectivity index (χ1v) is 5.01. The van der Waals surface area contributed by atoms with Crippen molar-refractivity contribution in [2.24, 2.45) is 0 Å². The second-order valence-electron chi connectivity index (χ2n) is 3.89. The Hall–Kier alpha value is -1.58. The molecule has 2 rings (SSSR count). The Morgan fingerprint density at radius 1 is 1.67 bits per heavy atom. The topological polar surface area (TPSA) is 65.2 Å². The summed E-state index contributed by atoms with van der Waals surface area (Å²) < 4.78 is 4.65. The summed E-state index contributed by atoms with van der Waals surface area (Å²) in [5.74, 6) is 0.313. The van der Waals surface area contributed by atoms with Crippen LogP contribution in [0.1, 0.15) is 40.9 Å². The summed E-state index contributed by atoms with van der Waals surface area (Å²) in [7, 11) is 1.35. The minimum absolute atomic E-state index is 0.273. The van der Waals surface area contributed by atoms with Gasteiger partial charge < -0.3 is 10.5 Å². The number of pyridine rings is 1. The van der Waals surface area contributed by atoms with E-state index in [2.05, 4.69) is 16.6 Å². The molecule has 2 N–H and O–H groups in total. The number of carbonyl (C=O) groups excluding carboxylic acids is 1. The number of fused-ring (bicyclic) bond motifs is 1. The lowest BCUT2D eigenvalue weighted by molar-refractivity contribution is 0.0601. The van der Waals surface area contributed by atoms with E-state index in [1.165, 1.54) is 7.11 Å². The predicted octanol–water partition coefficient (Wildman–Crippen LogP) is 1.50. The molecule has 4 nitrogen and oxygen atoms in total. The average molecular weight is 206 g/mol. The molecule has 0 amide bonds. The van der Waals surface area contributed by atoms with Crippen LogP contribution in [0.2, 0.25) is 0 Å². The Morgan fingerprint density at radius 2 is 2.40 bits per heavy atom. The Balaban J connectivity index is 2.50. The number of hydrogen-bond acceptors (Lipinski definition) is 4. The molecule has 0 saturated carbocycles. The first-order valence-electron chi connectivity index (χ1n) is 5.01. The number of aromatic nitrogens is 1. The van der Waals surface area contributed by atoms with Gasteiger partial charge in [-0.2, -0.15) is 0 Å². The van der Waals surface area contributed by atoms with E-state index < -0.39 is 5.97 Å². The van der Waals surface area contributed by atoms with Crippen LogP contribution in [0, 0.1) is 0 Å². The lowest BCUT2D eigenvalue weighted by atomic mass is 10.0. The van der Waals surface area contributed by atoms with E-state index in [1.807, 2.05) is 6.07 Å². The fourth-order valence-electron chi connectivity index (χ4n) is 1.99. The highest BCUT2D eigenvalue weighted by atomic mass is 16.5. The highest BCUT2D eigenvalue weighted by Gasteiger charge is 2.23. The lowest BCUT2D eigenvalue weighted by Crippen LogP contribution is -2.09. The molecule has 15 heavy (non-hydrogen) atoms. The molecule has 0 saturated heterocycles. The third-order valence-electron chi connectivity index (χ3n) is 2.91. The number of anilines is 1. The van der Waals surface area contributed by atoms with E-state index in [4.69, 9.17) is 5.73 Å². The van der Waals surface area contributed by atoms with Crippen LogP contribution in [-0.2, 0) is 11.2 Å². The van der Waals surface area contributed by atoms with Gasteiger partial charge in [-0.3, -0.25) is 0 Å². The molecular formula is C11H14N2O2. The van der Waals surface area contributed by atoms with Gasteiger partial charge in [-0.05, 0) is 30.4 Å². The maximum atomic E-state index is 11.4. The fourth-order valence-corrected chi connectivity index (χ4v) is 1.99. The van der Waals surface area contributed by atoms with Crippen LogP contribution in [0.15, 0.2) is 6.07 Å². The van der Waals surface area contributed by atoms with Crippen molar-refractivity contribution in [3.05, 3.63) is 22.9 Å². The molecule has 0 radical (unpaired) electrons. The van der Waals surface area contributed by atoms with Crippen molar-refractivity contribution in [2.45, 2.75) is 25.7 Å². The second-order valence-corrected chi connectivity index (χ2v) is 3.89. The van der Waals surface area contributed by atoms with Crippen LogP contribution in [-0.4, -0.2) is 18.1 Å². The van der Waals surface area contributed by atoms with Crippen molar-refractivity contribution < 1.29 is 9.53 Å². The number of methoxy groups -OCH3 is 1. The van der Waals surface area contributed by atoms with Crippen LogP contribution >= 0.6 is 0 Å². The summed E-state index contributed by atoms with van der Waals surface area (Å²) in [6, 6.07) is 1.82. The molecule has 0 bridgehead atoms. The SMILES string of the molecule is COC(=O)c1cc2c(nc1N)CCC2C. The smallest absolute Gasteiger partial charge is 0.341 e. The van der Waals surface area contributed by atoms with E-state index in [-0.39, 0.29) is 5.82 Å². The fraction of sp³-hybridized carbons (Fsp3) is 0.455. The summed E-state index contributed by atoms with van der Waals surface area (Å²) >= 11 is 0. The predicted molar refractivity (Wildman–Crippen MR) is 56.7 cm³/mol. The van der Waals surface area contributed by atoms with Gasteiger partial charge in [0.15, 0.2) is 0 Å². The number of hydrogen-bond donors (Lipinski definition) is 1. The minimum Gasteiger partial charge on any atom is -0.465 e. The Morgan fingerprint density at radius 3 is 3.07 bits per heavy atom. The maximum absolute atomic E-state index is 11.4. The van der Waals surface area contributed by atoms with Gasteiger partial charge in [0.1, 0.15) is 11.4 Å². The van der Waals surface area contributed by atoms with Crippen LogP contribution in [0.3, 0.4) is 0 Å². The molecule has 0 aromatic carbocycles. The van der Waals surface area contributed by atoms with Gasteiger partial charge >= 0.3 is 5.97 Å². The molecule has 1 aromatic rings. The second kappa shape index (κ2) is 3.53. The van der Waals surface area contributed by atoms with Crippen LogP contribution < -0.4 is 5.73 Å². The van der Waals surface area contributed by atoms with Crippen LogP contribution in [0.5, 0.6) is 0 Å². The van der Waals surface area contributed by atoms with Gasteiger partial charge in [-0.1, -0.05) is 6.92 Å². The normalized spacial score (nSPS) is 18.7. The van der Waals surface area contributed by atoms with Crippen molar-refractivity contribution in [1.82, 2.24) is 4.98 Å². The van der Waals surface area contributed by atoms with Gasteiger partial charge in [0, 0.05) is 5.69 Å². The van der Waals surface area contributed by atoms with Crippen molar-refractivity contribution in [2.75, 3.05) is 12.8 Å². The largest absolute Gasteiger partial charge is 0.465 e. The van der Waals surface area contributed by atoms with Crippen LogP contribution in [0.4, 0.5) is 5.82 Å². The third-order valence-corrected chi connectivity index (χ3v) is 2.91. The van der Waals surface area contributed by atoms with Gasteiger partial charge in [-0.25, -0.2) is 9.78 Å². The molecule has 1 aromatic heterocycles. The van der Waals surface area contributed by atoms with E-state index in [1.54, 1.807) is 0 Å². The Kier molecular flexibility index (Phi) is 2.34. The average Bonchev–Trinajstić information content (AvgIpc) is 2.58. The Labute approximate surface area is 88.4 Å². The lowest BCUT2D eigenvalue weighted by Gasteiger charge is -2.08. The first kappa shape index (κ1) is 9.96. The number of nitrogen functional groups attached to an aromatic ring is 1. The number of nitrogens with zero attached hydrogens (tertiary/aromatic N) is 1. The van der Waals surface area contributed by atoms with Crippen molar-refractivity contribution in [3.63, 3.8) is 0 Å². The molecule has 1 atom stereocenters. The molecule has 80 valence electrons. The van der Waals surface area contributed by atoms with Gasteiger partial charge in [0.25, 0.3) is 0 Å². The van der Waals surface area contributed by atoms with Gasteiger partial charge in [0.2, 0.25) is 0 Å². The van der Waals surface area contributed by atoms with Gasteiger partial charge in [0.05, 0.1) is 7.11 Å². The zero-order valence-electron chi connectivity index (χ0n) is 8.91. The number of carbonyl (C=O) groups is 1. The zero-order chi connectivity index (χ0) is 11.0. The molecule has 0 aliphatic heterocycles. The highest BCUT2D eigenvalue weighted by molar-refractivity contribution is 5.94. The summed E-state index contributed by atoms with van der Waals surface area (Å²) in [5.41, 5.74) is 8.23. The van der Waals surface area contributed by atoms with E-state index in [9.17, 15) is 4.79 Å². The number of aryl methyl sites for hydroxylation is 1. The third kappa shape index (κ3) is 1.56. The minimum atomic E-state index is -0.415. The van der Waals surface area contributed by atoms with Crippen LogP contribution in [0.25, 0.3) is 0 Å². The summed E-state index contributed by atoms with van der Waals surface area (Å²) in [6.45, 7) is 2.13. The van der Waals surface area contributed by atoms with Crippen molar-refractivity contribution in [3.8, 4) is 0 Å². The van der Waals surface area contributed by atoms with Crippen molar-refractivity contribution >= 4 is 11.8 Å². The van der Waals surface area contributed by atoms with Gasteiger partial charge in [-0.15, -0.1) is 0 Å². The Bertz CT molecular complexity index is 415. The molecule has 1 aliphatic rings. The number of nitrogens with two attached hydrogens (primary N) is 1. The quantitative estimate of drug-likeness (QED) is 0.707. The highest BCUT2D eigenvalue weighted by Crippen LogP contribution is 2.33. The van der Waals surface area contributed by atoms with E-state index in [0.717, 1.165) is 24.1 Å². The molecule has 1 unspecified atom stereocenters. The molecule has 0 fully saturated rings. The molecule has 1 heterocycles. The first-order chi connectivity index (χ1) is 7.13. The maximum Gasteiger partial charge on any atom is 0.341 e. The number of ether oxygens (including phenoxy) is 1. The molecular weight excluding hydrogens is 192 g/mol. The zero-order valence-corrected chi connectivity index (χ0v) is 8.91. The van der Waals surface area contributed by atoms with E-state index in [0.29, 0.717) is 11.5 Å². The molecule has 4 heteroatoms. The number of rotatable bonds is 1. The molecule has 0 spiro atoms.